The van der Waals surface area contributed by atoms with Crippen LogP contribution in [0.15, 0.2) is 0 Å². The molecule has 5 amide bonds. The van der Waals surface area contributed by atoms with Crippen LogP contribution < -0.4 is 21.7 Å². The zero-order chi connectivity index (χ0) is 38.8. The Labute approximate surface area is 322 Å². The van der Waals surface area contributed by atoms with Crippen molar-refractivity contribution in [3.8, 4) is 0 Å². The molecule has 4 saturated carbocycles. The number of nitrogens with one attached hydrogen (secondary N) is 3. The second-order valence-electron chi connectivity index (χ2n) is 19.2. The highest BCUT2D eigenvalue weighted by atomic mass is 16.5. The van der Waals surface area contributed by atoms with Crippen molar-refractivity contribution in [2.75, 3.05) is 32.8 Å². The summed E-state index contributed by atoms with van der Waals surface area (Å²) in [4.78, 5) is 71.9. The molecule has 304 valence electrons. The van der Waals surface area contributed by atoms with Crippen LogP contribution in [0, 0.1) is 29.1 Å². The largest absolute Gasteiger partial charge is 0.372 e. The Bertz CT molecular complexity index is 1380. The highest BCUT2D eigenvalue weighted by Crippen LogP contribution is 2.50. The van der Waals surface area contributed by atoms with Crippen molar-refractivity contribution in [3.63, 3.8) is 0 Å². The maximum absolute atomic E-state index is 14.8. The second kappa shape index (κ2) is 16.8. The second-order valence-corrected chi connectivity index (χ2v) is 19.2. The van der Waals surface area contributed by atoms with Crippen molar-refractivity contribution in [1.29, 1.82) is 0 Å². The van der Waals surface area contributed by atoms with E-state index in [2.05, 4.69) is 34.7 Å². The Morgan fingerprint density at radius 2 is 1.56 bits per heavy atom. The molecule has 6 aliphatic rings. The van der Waals surface area contributed by atoms with Gasteiger partial charge in [-0.15, -0.1) is 0 Å². The van der Waals surface area contributed by atoms with E-state index in [1.165, 1.54) is 12.8 Å². The number of morpholine rings is 1. The van der Waals surface area contributed by atoms with Gasteiger partial charge >= 0.3 is 6.03 Å². The molecule has 2 aliphatic heterocycles. The normalized spacial score (nSPS) is 26.9. The van der Waals surface area contributed by atoms with Gasteiger partial charge in [-0.1, -0.05) is 58.8 Å². The Kier molecular flexibility index (Phi) is 12.7. The third-order valence-electron chi connectivity index (χ3n) is 13.8. The molecule has 0 bridgehead atoms. The number of nitrogens with zero attached hydrogens (tertiary/aromatic N) is 2. The molecule has 6 rings (SSSR count). The van der Waals surface area contributed by atoms with Crippen LogP contribution in [0.2, 0.25) is 0 Å². The first-order chi connectivity index (χ1) is 25.5. The van der Waals surface area contributed by atoms with Crippen LogP contribution in [0.4, 0.5) is 4.79 Å². The van der Waals surface area contributed by atoms with Crippen molar-refractivity contribution < 1.29 is 33.4 Å². The van der Waals surface area contributed by atoms with Gasteiger partial charge in [-0.05, 0) is 101 Å². The maximum atomic E-state index is 14.8. The Balaban J connectivity index is 1.20. The summed E-state index contributed by atoms with van der Waals surface area (Å²) >= 11 is 0. The lowest BCUT2D eigenvalue weighted by molar-refractivity contribution is -0.158. The number of rotatable bonds is 15. The number of nitrogens with two attached hydrogens (primary N) is 1. The molecule has 0 aromatic carbocycles. The lowest BCUT2D eigenvalue weighted by Gasteiger charge is -2.44. The molecule has 2 heterocycles. The average Bonchev–Trinajstić information content (AvgIpc) is 3.62. The van der Waals surface area contributed by atoms with Gasteiger partial charge < -0.3 is 36.1 Å². The number of primary amides is 1. The zero-order valence-electron chi connectivity index (χ0n) is 33.6. The molecule has 0 aromatic heterocycles. The van der Waals surface area contributed by atoms with Gasteiger partial charge in [0, 0.05) is 32.2 Å². The monoisotopic (exact) mass is 757 g/mol. The minimum absolute atomic E-state index is 0.00232. The minimum atomic E-state index is -1.35. The summed E-state index contributed by atoms with van der Waals surface area (Å²) in [7, 11) is 0. The van der Waals surface area contributed by atoms with E-state index >= 15 is 0 Å². The van der Waals surface area contributed by atoms with Gasteiger partial charge in [0.25, 0.3) is 11.8 Å². The van der Waals surface area contributed by atoms with Crippen LogP contribution in [0.3, 0.4) is 0 Å². The van der Waals surface area contributed by atoms with Gasteiger partial charge in [-0.25, -0.2) is 4.79 Å². The molecule has 1 spiro atoms. The zero-order valence-corrected chi connectivity index (χ0v) is 33.6. The number of ether oxygens (including phenoxy) is 2. The highest BCUT2D eigenvalue weighted by molar-refractivity contribution is 6.37. The van der Waals surface area contributed by atoms with Crippen LogP contribution in [0.25, 0.3) is 0 Å². The Morgan fingerprint density at radius 3 is 2.13 bits per heavy atom. The standard InChI is InChI=1S/C41H68N6O7/c1-39(2,3)54-36(45-38(52)44-31(27-13-7-6-8-14-27)24-46-19-20-53-41(25-46)17-18-41)37(51)47-23-29(40(4,5)28-15-10-16-28)22-32(47)35(50)43-30(33(48)34(42)49)21-26-11-9-12-26/h26-32,36H,6-25H2,1-5H3,(H2,42,49)(H,43,50)(H2,44,45,52)/t29?,30?,31-,32+,36?/m1/s1. The molecule has 6 fully saturated rings. The van der Waals surface area contributed by atoms with E-state index in [0.29, 0.717) is 37.8 Å². The molecule has 54 heavy (non-hydrogen) atoms. The molecule has 13 heteroatoms. The van der Waals surface area contributed by atoms with E-state index in [9.17, 15) is 24.0 Å². The fraction of sp³-hybridized carbons (Fsp3) is 0.878. The predicted octanol–water partition coefficient (Wildman–Crippen LogP) is 4.01. The van der Waals surface area contributed by atoms with E-state index < -0.39 is 53.4 Å². The van der Waals surface area contributed by atoms with Gasteiger partial charge in [0.15, 0.2) is 0 Å². The number of hydrogen-bond donors (Lipinski definition) is 4. The van der Waals surface area contributed by atoms with Gasteiger partial charge in [0.1, 0.15) is 6.04 Å². The molecule has 3 unspecified atom stereocenters. The number of carbonyl (C=O) groups is 5. The summed E-state index contributed by atoms with van der Waals surface area (Å²) in [6.07, 6.45) is 13.4. The number of likely N-dealkylation sites (tertiary alicyclic amines) is 1. The van der Waals surface area contributed by atoms with Gasteiger partial charge in [-0.3, -0.25) is 24.1 Å². The number of urea groups is 1. The smallest absolute Gasteiger partial charge is 0.317 e. The minimum Gasteiger partial charge on any atom is -0.372 e. The number of ketones is 1. The van der Waals surface area contributed by atoms with Crippen LogP contribution in [0.5, 0.6) is 0 Å². The summed E-state index contributed by atoms with van der Waals surface area (Å²) in [5.74, 6) is -1.84. The number of hydrogen-bond acceptors (Lipinski definition) is 8. The van der Waals surface area contributed by atoms with E-state index in [1.54, 1.807) is 4.90 Å². The first-order valence-corrected chi connectivity index (χ1v) is 21.1. The lowest BCUT2D eigenvalue weighted by Crippen LogP contribution is -2.60. The highest BCUT2D eigenvalue weighted by Gasteiger charge is 2.51. The molecule has 13 nitrogen and oxygen atoms in total. The number of carbonyl (C=O) groups excluding carboxylic acids is 5. The lowest BCUT2D eigenvalue weighted by atomic mass is 9.61. The van der Waals surface area contributed by atoms with Gasteiger partial charge in [0.2, 0.25) is 17.9 Å². The average molecular weight is 757 g/mol. The van der Waals surface area contributed by atoms with Crippen LogP contribution in [0.1, 0.15) is 131 Å². The third-order valence-corrected chi connectivity index (χ3v) is 13.8. The van der Waals surface area contributed by atoms with Crippen molar-refractivity contribution in [2.45, 2.75) is 166 Å². The van der Waals surface area contributed by atoms with Crippen LogP contribution >= 0.6 is 0 Å². The van der Waals surface area contributed by atoms with E-state index in [-0.39, 0.29) is 28.9 Å². The van der Waals surface area contributed by atoms with Crippen molar-refractivity contribution in [2.24, 2.45) is 34.8 Å². The molecular formula is C41H68N6O7. The maximum Gasteiger partial charge on any atom is 0.317 e. The van der Waals surface area contributed by atoms with E-state index in [0.717, 1.165) is 90.3 Å². The Morgan fingerprint density at radius 1 is 0.870 bits per heavy atom. The summed E-state index contributed by atoms with van der Waals surface area (Å²) in [6.45, 7) is 13.4. The molecule has 0 radical (unpaired) electrons. The fourth-order valence-electron chi connectivity index (χ4n) is 9.71. The quantitative estimate of drug-likeness (QED) is 0.143. The molecule has 5 atom stereocenters. The summed E-state index contributed by atoms with van der Waals surface area (Å²) in [5.41, 5.74) is 4.46. The fourth-order valence-corrected chi connectivity index (χ4v) is 9.71. The number of Topliss-reactive ketones (excluding diaryl/α,β-unsaturated/α-hetero) is 1. The molecule has 5 N–H and O–H groups in total. The molecular weight excluding hydrogens is 688 g/mol. The van der Waals surface area contributed by atoms with Crippen LogP contribution in [-0.2, 0) is 28.7 Å². The predicted molar refractivity (Wildman–Crippen MR) is 204 cm³/mol. The molecule has 2 saturated heterocycles. The first kappa shape index (κ1) is 40.9. The van der Waals surface area contributed by atoms with Crippen molar-refractivity contribution in [1.82, 2.24) is 25.8 Å². The summed E-state index contributed by atoms with van der Waals surface area (Å²) < 4.78 is 12.4. The van der Waals surface area contributed by atoms with Crippen molar-refractivity contribution >= 4 is 29.5 Å². The number of amides is 5. The third kappa shape index (κ3) is 9.96. The topological polar surface area (TPSA) is 172 Å². The summed E-state index contributed by atoms with van der Waals surface area (Å²) in [6, 6.07) is -2.52. The SMILES string of the molecule is CC(C)(C)OC(NC(=O)N[C@H](CN1CCOC2(CC2)C1)C1CCCCC1)C(=O)N1CC(C(C)(C)C2CCC2)C[C@H]1C(=O)NC(CC1CCC1)C(=O)C(N)=O. The van der Waals surface area contributed by atoms with E-state index in [4.69, 9.17) is 15.2 Å². The first-order valence-electron chi connectivity index (χ1n) is 21.1. The van der Waals surface area contributed by atoms with Crippen molar-refractivity contribution in [3.05, 3.63) is 0 Å². The van der Waals surface area contributed by atoms with Gasteiger partial charge in [0.05, 0.1) is 23.9 Å². The summed E-state index contributed by atoms with van der Waals surface area (Å²) in [5, 5.41) is 9.04. The van der Waals surface area contributed by atoms with Crippen LogP contribution in [-0.4, -0.2) is 108 Å². The molecule has 0 aromatic rings. The van der Waals surface area contributed by atoms with E-state index in [1.807, 2.05) is 20.8 Å². The molecule has 4 aliphatic carbocycles. The van der Waals surface area contributed by atoms with Gasteiger partial charge in [-0.2, -0.15) is 0 Å². The Hall–Kier alpha value is -2.77.